The lowest BCUT2D eigenvalue weighted by molar-refractivity contribution is 0.0519. The number of rotatable bonds is 3. The molecule has 0 saturated carbocycles. The van der Waals surface area contributed by atoms with Gasteiger partial charge < -0.3 is 14.5 Å². The van der Waals surface area contributed by atoms with Crippen LogP contribution in [0.15, 0.2) is 12.3 Å². The highest BCUT2D eigenvalue weighted by Gasteiger charge is 2.18. The number of nitrogens with zero attached hydrogens (tertiary/aromatic N) is 4. The van der Waals surface area contributed by atoms with E-state index in [1.54, 1.807) is 19.2 Å². The third-order valence-corrected chi connectivity index (χ3v) is 2.91. The summed E-state index contributed by atoms with van der Waals surface area (Å²) in [5.74, 6) is 0.212. The van der Waals surface area contributed by atoms with E-state index in [0.29, 0.717) is 18.2 Å². The molecule has 6 nitrogen and oxygen atoms in total. The second kappa shape index (κ2) is 5.77. The first kappa shape index (κ1) is 12.8. The Hall–Kier alpha value is -1.69. The maximum atomic E-state index is 11.6. The highest BCUT2D eigenvalue weighted by Crippen LogP contribution is 2.11. The Morgan fingerprint density at radius 1 is 1.39 bits per heavy atom. The van der Waals surface area contributed by atoms with Crippen molar-refractivity contribution in [1.29, 1.82) is 0 Å². The molecule has 1 saturated heterocycles. The number of aromatic nitrogens is 2. The number of hydrogen-bond acceptors (Lipinski definition) is 6. The van der Waals surface area contributed by atoms with E-state index in [1.807, 2.05) is 0 Å². The van der Waals surface area contributed by atoms with E-state index in [-0.39, 0.29) is 0 Å². The van der Waals surface area contributed by atoms with E-state index in [2.05, 4.69) is 26.8 Å². The molecular weight excluding hydrogens is 232 g/mol. The number of likely N-dealkylation sites (N-methyl/N-ethyl adjacent to an activating group) is 1. The van der Waals surface area contributed by atoms with Gasteiger partial charge in [0.25, 0.3) is 0 Å². The number of esters is 1. The Kier molecular flexibility index (Phi) is 4.09. The summed E-state index contributed by atoms with van der Waals surface area (Å²) in [6.07, 6.45) is 1.60. The van der Waals surface area contributed by atoms with Crippen molar-refractivity contribution in [1.82, 2.24) is 14.9 Å². The fraction of sp³-hybridized carbons (Fsp3) is 0.583. The molecule has 0 amide bonds. The van der Waals surface area contributed by atoms with Crippen LogP contribution in [0, 0.1) is 0 Å². The van der Waals surface area contributed by atoms with Crippen LogP contribution in [0.25, 0.3) is 0 Å². The fourth-order valence-corrected chi connectivity index (χ4v) is 1.83. The van der Waals surface area contributed by atoms with E-state index in [0.717, 1.165) is 26.2 Å². The molecule has 98 valence electrons. The van der Waals surface area contributed by atoms with Crippen molar-refractivity contribution in [2.45, 2.75) is 6.92 Å². The highest BCUT2D eigenvalue weighted by molar-refractivity contribution is 5.87. The van der Waals surface area contributed by atoms with E-state index < -0.39 is 5.97 Å². The maximum Gasteiger partial charge on any atom is 0.357 e. The topological polar surface area (TPSA) is 58.6 Å². The van der Waals surface area contributed by atoms with Crippen LogP contribution >= 0.6 is 0 Å². The Balaban J connectivity index is 2.09. The molecule has 0 unspecified atom stereocenters. The Morgan fingerprint density at radius 2 is 2.11 bits per heavy atom. The van der Waals surface area contributed by atoms with Gasteiger partial charge in [-0.1, -0.05) is 0 Å². The highest BCUT2D eigenvalue weighted by atomic mass is 16.5. The van der Waals surface area contributed by atoms with Gasteiger partial charge in [-0.3, -0.25) is 0 Å². The standard InChI is InChI=1S/C12H18N4O2/c1-3-18-11(17)10-4-5-13-12(14-10)16-8-6-15(2)7-9-16/h4-5H,3,6-9H2,1-2H3. The van der Waals surface area contributed by atoms with E-state index in [4.69, 9.17) is 4.74 Å². The summed E-state index contributed by atoms with van der Waals surface area (Å²) in [6, 6.07) is 1.58. The lowest BCUT2D eigenvalue weighted by atomic mass is 10.3. The third kappa shape index (κ3) is 2.95. The average Bonchev–Trinajstić information content (AvgIpc) is 2.40. The van der Waals surface area contributed by atoms with Crippen LogP contribution in [0.2, 0.25) is 0 Å². The number of carbonyl (C=O) groups excluding carboxylic acids is 1. The minimum Gasteiger partial charge on any atom is -0.461 e. The van der Waals surface area contributed by atoms with Gasteiger partial charge in [0.05, 0.1) is 6.61 Å². The normalized spacial score (nSPS) is 16.7. The Bertz CT molecular complexity index is 416. The van der Waals surface area contributed by atoms with Crippen LogP contribution in [0.4, 0.5) is 5.95 Å². The van der Waals surface area contributed by atoms with Crippen LogP contribution in [0.1, 0.15) is 17.4 Å². The summed E-state index contributed by atoms with van der Waals surface area (Å²) < 4.78 is 4.93. The number of ether oxygens (including phenoxy) is 1. The van der Waals surface area contributed by atoms with Gasteiger partial charge in [-0.15, -0.1) is 0 Å². The van der Waals surface area contributed by atoms with Crippen LogP contribution in [-0.4, -0.2) is 60.7 Å². The van der Waals surface area contributed by atoms with Gasteiger partial charge in [0.15, 0.2) is 5.69 Å². The van der Waals surface area contributed by atoms with Gasteiger partial charge in [-0.25, -0.2) is 14.8 Å². The van der Waals surface area contributed by atoms with Crippen LogP contribution in [0.3, 0.4) is 0 Å². The van der Waals surface area contributed by atoms with Gasteiger partial charge in [-0.05, 0) is 20.0 Å². The Morgan fingerprint density at radius 3 is 2.78 bits per heavy atom. The predicted molar refractivity (Wildman–Crippen MR) is 67.7 cm³/mol. The summed E-state index contributed by atoms with van der Waals surface area (Å²) in [7, 11) is 2.09. The average molecular weight is 250 g/mol. The minimum atomic E-state index is -0.393. The monoisotopic (exact) mass is 250 g/mol. The number of anilines is 1. The lowest BCUT2D eigenvalue weighted by Crippen LogP contribution is -2.45. The zero-order valence-electron chi connectivity index (χ0n) is 10.8. The van der Waals surface area contributed by atoms with E-state index in [9.17, 15) is 4.79 Å². The quantitative estimate of drug-likeness (QED) is 0.724. The molecule has 1 aliphatic heterocycles. The fourth-order valence-electron chi connectivity index (χ4n) is 1.83. The first-order valence-electron chi connectivity index (χ1n) is 6.14. The molecule has 0 aromatic carbocycles. The third-order valence-electron chi connectivity index (χ3n) is 2.91. The van der Waals surface area contributed by atoms with Crippen molar-refractivity contribution in [3.05, 3.63) is 18.0 Å². The first-order chi connectivity index (χ1) is 8.70. The molecule has 2 rings (SSSR count). The molecule has 18 heavy (non-hydrogen) atoms. The molecule has 0 aliphatic carbocycles. The van der Waals surface area contributed by atoms with Crippen molar-refractivity contribution < 1.29 is 9.53 Å². The predicted octanol–water partition coefficient (Wildman–Crippen LogP) is 0.405. The van der Waals surface area contributed by atoms with Crippen LogP contribution < -0.4 is 4.90 Å². The largest absolute Gasteiger partial charge is 0.461 e. The second-order valence-electron chi connectivity index (χ2n) is 4.25. The first-order valence-corrected chi connectivity index (χ1v) is 6.14. The number of carbonyl (C=O) groups is 1. The molecule has 1 fully saturated rings. The molecule has 0 radical (unpaired) electrons. The summed E-state index contributed by atoms with van der Waals surface area (Å²) in [5, 5.41) is 0. The van der Waals surface area contributed by atoms with Crippen LogP contribution in [0.5, 0.6) is 0 Å². The number of piperazine rings is 1. The molecule has 0 bridgehead atoms. The van der Waals surface area contributed by atoms with Gasteiger partial charge in [0.1, 0.15) is 0 Å². The zero-order chi connectivity index (χ0) is 13.0. The Labute approximate surface area is 107 Å². The van der Waals surface area contributed by atoms with Crippen LogP contribution in [-0.2, 0) is 4.74 Å². The molecule has 2 heterocycles. The molecule has 0 spiro atoms. The number of hydrogen-bond donors (Lipinski definition) is 0. The second-order valence-corrected chi connectivity index (χ2v) is 4.25. The maximum absolute atomic E-state index is 11.6. The van der Waals surface area contributed by atoms with Crippen molar-refractivity contribution >= 4 is 11.9 Å². The van der Waals surface area contributed by atoms with Gasteiger partial charge in [0.2, 0.25) is 5.95 Å². The minimum absolute atomic E-state index is 0.320. The molecule has 0 atom stereocenters. The smallest absolute Gasteiger partial charge is 0.357 e. The molecule has 1 aromatic heterocycles. The van der Waals surface area contributed by atoms with Crippen molar-refractivity contribution in [3.63, 3.8) is 0 Å². The van der Waals surface area contributed by atoms with Crippen molar-refractivity contribution in [2.24, 2.45) is 0 Å². The molecule has 6 heteroatoms. The summed E-state index contributed by atoms with van der Waals surface area (Å²) in [6.45, 7) is 5.85. The van der Waals surface area contributed by atoms with E-state index >= 15 is 0 Å². The SMILES string of the molecule is CCOC(=O)c1ccnc(N2CCN(C)CC2)n1. The van der Waals surface area contributed by atoms with E-state index in [1.165, 1.54) is 0 Å². The van der Waals surface area contributed by atoms with Gasteiger partial charge in [0, 0.05) is 32.4 Å². The summed E-state index contributed by atoms with van der Waals surface area (Å²) in [4.78, 5) is 24.4. The van der Waals surface area contributed by atoms with Crippen molar-refractivity contribution in [2.75, 3.05) is 44.7 Å². The summed E-state index contributed by atoms with van der Waals surface area (Å²) >= 11 is 0. The van der Waals surface area contributed by atoms with Gasteiger partial charge in [-0.2, -0.15) is 0 Å². The molecule has 0 N–H and O–H groups in total. The zero-order valence-corrected chi connectivity index (χ0v) is 10.8. The van der Waals surface area contributed by atoms with Gasteiger partial charge >= 0.3 is 5.97 Å². The summed E-state index contributed by atoms with van der Waals surface area (Å²) in [5.41, 5.74) is 0.320. The molecular formula is C12H18N4O2. The van der Waals surface area contributed by atoms with Crippen molar-refractivity contribution in [3.8, 4) is 0 Å². The molecule has 1 aliphatic rings. The lowest BCUT2D eigenvalue weighted by Gasteiger charge is -2.32. The molecule has 1 aromatic rings.